The summed E-state index contributed by atoms with van der Waals surface area (Å²) >= 11 is 0. The maximum Gasteiger partial charge on any atom is 0.485 e. The van der Waals surface area contributed by atoms with E-state index in [0.717, 1.165) is 15.8 Å². The number of anilines is 1. The highest BCUT2D eigenvalue weighted by molar-refractivity contribution is 7.54. The van der Waals surface area contributed by atoms with Crippen LogP contribution in [0, 0.1) is 6.92 Å². The molecule has 0 aliphatic carbocycles. The highest BCUT2D eigenvalue weighted by Crippen LogP contribution is 2.63. The number of hydrogen-bond acceptors (Lipinski definition) is 4. The number of nitrogens with one attached hydrogen (secondary N) is 1. The number of carbonyl (C=O) groups is 1. The number of rotatable bonds is 8. The largest absolute Gasteiger partial charge is 0.485 e. The van der Waals surface area contributed by atoms with Crippen LogP contribution in [0.2, 0.25) is 0 Å². The predicted octanol–water partition coefficient (Wildman–Crippen LogP) is 6.00. The van der Waals surface area contributed by atoms with E-state index in [0.29, 0.717) is 5.56 Å². The van der Waals surface area contributed by atoms with Gasteiger partial charge < -0.3 is 9.05 Å². The van der Waals surface area contributed by atoms with Crippen molar-refractivity contribution in [1.82, 2.24) is 5.32 Å². The van der Waals surface area contributed by atoms with Gasteiger partial charge in [-0.2, -0.15) is 13.2 Å². The Hall–Kier alpha value is -2.35. The molecule has 6 nitrogen and oxygen atoms in total. The SMILES string of the molecule is CCOP(=O)(OCC)C(c1ccccc1)N(C(=O)NC(F)(F)F)c1ccc(C)cc1. The molecule has 2 rings (SSSR count). The van der Waals surface area contributed by atoms with Crippen LogP contribution in [0.25, 0.3) is 0 Å². The fraction of sp³-hybridized carbons (Fsp3) is 0.350. The first-order chi connectivity index (χ1) is 14.1. The Labute approximate surface area is 173 Å². The molecule has 0 bridgehead atoms. The fourth-order valence-corrected chi connectivity index (χ4v) is 5.03. The average Bonchev–Trinajstić information content (AvgIpc) is 2.66. The molecule has 0 aliphatic heterocycles. The van der Waals surface area contributed by atoms with Gasteiger partial charge in [0.25, 0.3) is 0 Å². The van der Waals surface area contributed by atoms with E-state index < -0.39 is 25.7 Å². The van der Waals surface area contributed by atoms with Crippen LogP contribution in [-0.2, 0) is 13.6 Å². The third-order valence-corrected chi connectivity index (χ3v) is 6.40. The van der Waals surface area contributed by atoms with Gasteiger partial charge in [0.1, 0.15) is 0 Å². The fourth-order valence-electron chi connectivity index (χ4n) is 2.89. The topological polar surface area (TPSA) is 67.9 Å². The normalized spacial score (nSPS) is 13.0. The molecule has 1 unspecified atom stereocenters. The molecule has 1 N–H and O–H groups in total. The van der Waals surface area contributed by atoms with Crippen molar-refractivity contribution in [2.45, 2.75) is 32.9 Å². The van der Waals surface area contributed by atoms with Gasteiger partial charge in [0, 0.05) is 5.69 Å². The minimum Gasteiger partial charge on any atom is -0.307 e. The van der Waals surface area contributed by atoms with E-state index in [-0.39, 0.29) is 18.9 Å². The lowest BCUT2D eigenvalue weighted by Crippen LogP contribution is -2.48. The van der Waals surface area contributed by atoms with E-state index in [2.05, 4.69) is 0 Å². The average molecular weight is 444 g/mol. The molecule has 2 aromatic rings. The molecule has 164 valence electrons. The number of amides is 2. The van der Waals surface area contributed by atoms with Gasteiger partial charge in [0.05, 0.1) is 13.2 Å². The zero-order chi connectivity index (χ0) is 22.4. The number of hydrogen-bond donors (Lipinski definition) is 1. The third kappa shape index (κ3) is 6.08. The molecule has 0 heterocycles. The van der Waals surface area contributed by atoms with Crippen LogP contribution in [0.3, 0.4) is 0 Å². The lowest BCUT2D eigenvalue weighted by Gasteiger charge is -2.36. The quantitative estimate of drug-likeness (QED) is 0.401. The number of carbonyl (C=O) groups excluding carboxylic acids is 1. The number of urea groups is 1. The van der Waals surface area contributed by atoms with E-state index in [1.807, 2.05) is 0 Å². The van der Waals surface area contributed by atoms with Gasteiger partial charge in [-0.1, -0.05) is 48.0 Å². The number of alkyl halides is 3. The van der Waals surface area contributed by atoms with Crippen LogP contribution in [0.5, 0.6) is 0 Å². The first kappa shape index (κ1) is 23.9. The van der Waals surface area contributed by atoms with Gasteiger partial charge in [0.2, 0.25) is 0 Å². The number of halogens is 3. The lowest BCUT2D eigenvalue weighted by atomic mass is 10.1. The van der Waals surface area contributed by atoms with Crippen molar-refractivity contribution in [2.75, 3.05) is 18.1 Å². The van der Waals surface area contributed by atoms with E-state index in [1.165, 1.54) is 12.1 Å². The van der Waals surface area contributed by atoms with Gasteiger partial charge in [-0.3, -0.25) is 9.46 Å². The zero-order valence-electron chi connectivity index (χ0n) is 16.8. The molecule has 2 amide bonds. The maximum absolute atomic E-state index is 13.7. The van der Waals surface area contributed by atoms with Gasteiger partial charge >= 0.3 is 19.9 Å². The molecular formula is C20H24F3N2O4P. The van der Waals surface area contributed by atoms with Gasteiger partial charge in [-0.25, -0.2) is 10.1 Å². The summed E-state index contributed by atoms with van der Waals surface area (Å²) in [5.41, 5.74) is 1.25. The highest BCUT2D eigenvalue weighted by Gasteiger charge is 2.46. The molecule has 2 aromatic carbocycles. The molecule has 30 heavy (non-hydrogen) atoms. The van der Waals surface area contributed by atoms with Crippen molar-refractivity contribution in [1.29, 1.82) is 0 Å². The lowest BCUT2D eigenvalue weighted by molar-refractivity contribution is -0.145. The summed E-state index contributed by atoms with van der Waals surface area (Å²) in [5.74, 6) is -1.44. The van der Waals surface area contributed by atoms with Crippen LogP contribution in [-0.4, -0.2) is 25.5 Å². The van der Waals surface area contributed by atoms with Gasteiger partial charge in [-0.15, -0.1) is 0 Å². The molecule has 1 atom stereocenters. The second kappa shape index (κ2) is 10.1. The smallest absolute Gasteiger partial charge is 0.307 e. The standard InChI is InChI=1S/C20H24F3N2O4P/c1-4-28-30(27,29-5-2)18(16-9-7-6-8-10-16)25(19(26)24-20(21,22)23)17-13-11-15(3)12-14-17/h6-14,18H,4-5H2,1-3H3,(H,24,26). The summed E-state index contributed by atoms with van der Waals surface area (Å²) in [7, 11) is -4.11. The summed E-state index contributed by atoms with van der Waals surface area (Å²) in [6.07, 6.45) is -4.98. The van der Waals surface area contributed by atoms with Crippen LogP contribution >= 0.6 is 7.60 Å². The maximum atomic E-state index is 13.7. The Balaban J connectivity index is 2.72. The van der Waals surface area contributed by atoms with E-state index in [1.54, 1.807) is 63.2 Å². The van der Waals surface area contributed by atoms with Gasteiger partial charge in [0.15, 0.2) is 5.78 Å². The van der Waals surface area contributed by atoms with E-state index in [4.69, 9.17) is 9.05 Å². The molecule has 10 heteroatoms. The predicted molar refractivity (Wildman–Crippen MR) is 108 cm³/mol. The van der Waals surface area contributed by atoms with Gasteiger partial charge in [-0.05, 0) is 38.5 Å². The summed E-state index contributed by atoms with van der Waals surface area (Å²) in [6, 6.07) is 12.8. The number of benzene rings is 2. The molecule has 0 saturated carbocycles. The Morgan fingerprint density at radius 1 is 1.03 bits per heavy atom. The first-order valence-electron chi connectivity index (χ1n) is 9.29. The Morgan fingerprint density at radius 3 is 2.03 bits per heavy atom. The summed E-state index contributed by atoms with van der Waals surface area (Å²) in [5, 5.41) is 0.994. The molecule has 0 fully saturated rings. The van der Waals surface area contributed by atoms with Crippen molar-refractivity contribution < 1.29 is 31.6 Å². The first-order valence-corrected chi connectivity index (χ1v) is 10.9. The van der Waals surface area contributed by atoms with Crippen molar-refractivity contribution in [3.63, 3.8) is 0 Å². The molecule has 0 aromatic heterocycles. The van der Waals surface area contributed by atoms with Crippen LogP contribution in [0.1, 0.15) is 30.8 Å². The minimum absolute atomic E-state index is 0.0246. The summed E-state index contributed by atoms with van der Waals surface area (Å²) in [4.78, 5) is 13.5. The van der Waals surface area contributed by atoms with Crippen molar-refractivity contribution in [2.24, 2.45) is 0 Å². The van der Waals surface area contributed by atoms with E-state index >= 15 is 0 Å². The molecular weight excluding hydrogens is 420 g/mol. The van der Waals surface area contributed by atoms with E-state index in [9.17, 15) is 22.5 Å². The summed E-state index contributed by atoms with van der Waals surface area (Å²) in [6.45, 7) is 4.91. The molecule has 0 saturated heterocycles. The monoisotopic (exact) mass is 444 g/mol. The minimum atomic E-state index is -4.98. The molecule has 0 radical (unpaired) electrons. The Kier molecular flexibility index (Phi) is 8.06. The number of aryl methyl sites for hydroxylation is 1. The zero-order valence-corrected chi connectivity index (χ0v) is 17.7. The second-order valence-corrected chi connectivity index (χ2v) is 8.38. The molecule has 0 aliphatic rings. The van der Waals surface area contributed by atoms with Crippen molar-refractivity contribution in [3.05, 3.63) is 65.7 Å². The van der Waals surface area contributed by atoms with Crippen molar-refractivity contribution in [3.8, 4) is 0 Å². The Morgan fingerprint density at radius 2 is 1.57 bits per heavy atom. The Bertz CT molecular complexity index is 866. The van der Waals surface area contributed by atoms with Crippen molar-refractivity contribution >= 4 is 19.3 Å². The third-order valence-electron chi connectivity index (χ3n) is 4.04. The molecule has 0 spiro atoms. The second-order valence-electron chi connectivity index (χ2n) is 6.29. The number of nitrogens with zero attached hydrogens (tertiary/aromatic N) is 1. The van der Waals surface area contributed by atoms with Crippen LogP contribution in [0.4, 0.5) is 23.7 Å². The van der Waals surface area contributed by atoms with Crippen LogP contribution in [0.15, 0.2) is 54.6 Å². The highest BCUT2D eigenvalue weighted by atomic mass is 31.2. The summed E-state index contributed by atoms with van der Waals surface area (Å²) < 4.78 is 63.6. The van der Waals surface area contributed by atoms with Crippen LogP contribution < -0.4 is 10.2 Å².